The molecule has 1 saturated heterocycles. The van der Waals surface area contributed by atoms with Crippen molar-refractivity contribution in [3.63, 3.8) is 0 Å². The second kappa shape index (κ2) is 20.7. The molecule has 2 rings (SSSR count). The number of aliphatic hydroxyl groups is 1. The molecule has 1 aromatic carbocycles. The number of morpholine rings is 1. The highest BCUT2D eigenvalue weighted by Gasteiger charge is 2.30. The number of carbonyl (C=O) groups excluding carboxylic acids is 2. The zero-order valence-corrected chi connectivity index (χ0v) is 27.6. The SMILES string of the molecule is COCCCOc1cc(C[C@@H](C[C@H](N)[C@@H](O)C[C@H](C(=O)NCC(=O)NN2CCOCC2)C(C)C)C(C)C)ccc1OC.Cl. The Morgan fingerprint density at radius 1 is 1.05 bits per heavy atom. The van der Waals surface area contributed by atoms with Crippen LogP contribution in [0.5, 0.6) is 11.5 Å². The van der Waals surface area contributed by atoms with Gasteiger partial charge in [-0.15, -0.1) is 12.4 Å². The first-order valence-corrected chi connectivity index (χ1v) is 15.2. The first-order chi connectivity index (χ1) is 20.0. The molecule has 0 saturated carbocycles. The summed E-state index contributed by atoms with van der Waals surface area (Å²) in [5.74, 6) is 0.862. The predicted molar refractivity (Wildman–Crippen MR) is 169 cm³/mol. The zero-order chi connectivity index (χ0) is 31.1. The number of hydrazine groups is 1. The van der Waals surface area contributed by atoms with Gasteiger partial charge < -0.3 is 35.1 Å². The van der Waals surface area contributed by atoms with Gasteiger partial charge in [0.2, 0.25) is 5.91 Å². The third-order valence-corrected chi connectivity index (χ3v) is 7.84. The second-order valence-corrected chi connectivity index (χ2v) is 11.8. The smallest absolute Gasteiger partial charge is 0.253 e. The first kappa shape index (κ1) is 38.9. The largest absolute Gasteiger partial charge is 0.493 e. The van der Waals surface area contributed by atoms with Crippen LogP contribution in [0, 0.1) is 23.7 Å². The van der Waals surface area contributed by atoms with Crippen LogP contribution in [0.25, 0.3) is 0 Å². The molecular formula is C31H55ClN4O7. The predicted octanol–water partition coefficient (Wildman–Crippen LogP) is 2.57. The van der Waals surface area contributed by atoms with Crippen molar-refractivity contribution >= 4 is 24.2 Å². The molecule has 11 nitrogen and oxygen atoms in total. The number of amides is 2. The number of aliphatic hydroxyl groups excluding tert-OH is 1. The van der Waals surface area contributed by atoms with E-state index in [0.717, 1.165) is 18.4 Å². The summed E-state index contributed by atoms with van der Waals surface area (Å²) in [6.45, 7) is 11.5. The summed E-state index contributed by atoms with van der Waals surface area (Å²) in [4.78, 5) is 25.3. The van der Waals surface area contributed by atoms with Gasteiger partial charge in [-0.3, -0.25) is 15.0 Å². The summed E-state index contributed by atoms with van der Waals surface area (Å²) in [5.41, 5.74) is 10.4. The number of ether oxygens (including phenoxy) is 4. The summed E-state index contributed by atoms with van der Waals surface area (Å²) in [7, 11) is 3.29. The lowest BCUT2D eigenvalue weighted by Crippen LogP contribution is -2.51. The monoisotopic (exact) mass is 630 g/mol. The van der Waals surface area contributed by atoms with Gasteiger partial charge in [0.1, 0.15) is 0 Å². The summed E-state index contributed by atoms with van der Waals surface area (Å²) in [6.07, 6.45) is 1.51. The molecule has 0 bridgehead atoms. The molecule has 2 amide bonds. The van der Waals surface area contributed by atoms with Crippen molar-refractivity contribution in [2.24, 2.45) is 29.4 Å². The van der Waals surface area contributed by atoms with E-state index in [-0.39, 0.29) is 49.0 Å². The molecular weight excluding hydrogens is 576 g/mol. The number of methoxy groups -OCH3 is 2. The zero-order valence-electron chi connectivity index (χ0n) is 26.8. The highest BCUT2D eigenvalue weighted by Crippen LogP contribution is 2.31. The molecule has 43 heavy (non-hydrogen) atoms. The molecule has 12 heteroatoms. The van der Waals surface area contributed by atoms with E-state index in [9.17, 15) is 14.7 Å². The standard InChI is InChI=1S/C31H54N4O7.ClH/c1-21(2)24(16-23-8-9-28(40-6)29(17-23)42-13-7-12-39-5)18-26(32)27(36)19-25(22(3)4)31(38)33-20-30(37)34-35-10-14-41-15-11-35;/h8-9,17,21-22,24-27,36H,7,10-16,18-20,32H2,1-6H3,(H,33,38)(H,34,37);1H/t24-,25-,26-,27-;/m0./s1. The number of nitrogens with one attached hydrogen (secondary N) is 2. The lowest BCUT2D eigenvalue weighted by Gasteiger charge is -2.30. The number of benzene rings is 1. The molecule has 0 radical (unpaired) electrons. The van der Waals surface area contributed by atoms with E-state index in [1.165, 1.54) is 0 Å². The Morgan fingerprint density at radius 2 is 1.74 bits per heavy atom. The number of halogens is 1. The van der Waals surface area contributed by atoms with Gasteiger partial charge in [-0.1, -0.05) is 33.8 Å². The molecule has 1 fully saturated rings. The molecule has 248 valence electrons. The number of nitrogens with zero attached hydrogens (tertiary/aromatic N) is 1. The van der Waals surface area contributed by atoms with E-state index in [4.69, 9.17) is 24.7 Å². The number of carbonyl (C=O) groups is 2. The lowest BCUT2D eigenvalue weighted by atomic mass is 9.81. The average molecular weight is 631 g/mol. The Morgan fingerprint density at radius 3 is 2.35 bits per heavy atom. The Kier molecular flexibility index (Phi) is 18.8. The summed E-state index contributed by atoms with van der Waals surface area (Å²) in [5, 5.41) is 15.6. The molecule has 0 aliphatic carbocycles. The van der Waals surface area contributed by atoms with Gasteiger partial charge >= 0.3 is 0 Å². The first-order valence-electron chi connectivity index (χ1n) is 15.2. The quantitative estimate of drug-likeness (QED) is 0.170. The second-order valence-electron chi connectivity index (χ2n) is 11.8. The van der Waals surface area contributed by atoms with E-state index < -0.39 is 18.1 Å². The maximum absolute atomic E-state index is 13.0. The Labute approximate surface area is 263 Å². The highest BCUT2D eigenvalue weighted by atomic mass is 35.5. The molecule has 1 aliphatic heterocycles. The van der Waals surface area contributed by atoms with E-state index in [1.807, 2.05) is 32.0 Å². The van der Waals surface area contributed by atoms with Crippen LogP contribution in [0.2, 0.25) is 0 Å². The number of rotatable bonds is 19. The van der Waals surface area contributed by atoms with Gasteiger partial charge in [-0.25, -0.2) is 5.01 Å². The summed E-state index contributed by atoms with van der Waals surface area (Å²) < 4.78 is 21.8. The van der Waals surface area contributed by atoms with Gasteiger partial charge in [-0.05, 0) is 54.7 Å². The van der Waals surface area contributed by atoms with Crippen LogP contribution >= 0.6 is 12.4 Å². The third-order valence-electron chi connectivity index (χ3n) is 7.84. The maximum atomic E-state index is 13.0. The Hall–Kier alpha value is -2.15. The summed E-state index contributed by atoms with van der Waals surface area (Å²) >= 11 is 0. The van der Waals surface area contributed by atoms with Gasteiger partial charge in [-0.2, -0.15) is 0 Å². The average Bonchev–Trinajstić information content (AvgIpc) is 2.96. The van der Waals surface area contributed by atoms with Crippen LogP contribution in [-0.2, 0) is 25.5 Å². The van der Waals surface area contributed by atoms with Crippen molar-refractivity contribution < 1.29 is 33.6 Å². The molecule has 4 atom stereocenters. The van der Waals surface area contributed by atoms with Crippen molar-refractivity contribution in [3.05, 3.63) is 23.8 Å². The molecule has 1 aliphatic rings. The number of hydrogen-bond donors (Lipinski definition) is 4. The van der Waals surface area contributed by atoms with Gasteiger partial charge in [0.05, 0.1) is 39.6 Å². The van der Waals surface area contributed by atoms with Crippen molar-refractivity contribution in [3.8, 4) is 11.5 Å². The highest BCUT2D eigenvalue weighted by molar-refractivity contribution is 5.86. The Bertz CT molecular complexity index is 947. The van der Waals surface area contributed by atoms with Crippen LogP contribution < -0.4 is 25.9 Å². The maximum Gasteiger partial charge on any atom is 0.253 e. The fourth-order valence-electron chi connectivity index (χ4n) is 5.05. The molecule has 0 unspecified atom stereocenters. The molecule has 1 heterocycles. The number of nitrogens with two attached hydrogens (primary N) is 1. The van der Waals surface area contributed by atoms with Crippen LogP contribution in [0.1, 0.15) is 52.5 Å². The van der Waals surface area contributed by atoms with Crippen LogP contribution in [0.4, 0.5) is 0 Å². The van der Waals surface area contributed by atoms with Gasteiger partial charge in [0, 0.05) is 45.2 Å². The van der Waals surface area contributed by atoms with Crippen LogP contribution in [0.3, 0.4) is 0 Å². The van der Waals surface area contributed by atoms with Crippen LogP contribution in [-0.4, -0.2) is 94.4 Å². The fraction of sp³-hybridized carbons (Fsp3) is 0.742. The van der Waals surface area contributed by atoms with E-state index in [2.05, 4.69) is 24.6 Å². The van der Waals surface area contributed by atoms with Crippen molar-refractivity contribution in [2.45, 2.75) is 65.5 Å². The topological polar surface area (TPSA) is 145 Å². The molecule has 5 N–H and O–H groups in total. The van der Waals surface area contributed by atoms with Gasteiger partial charge in [0.15, 0.2) is 11.5 Å². The minimum atomic E-state index is -0.859. The lowest BCUT2D eigenvalue weighted by molar-refractivity contribution is -0.133. The van der Waals surface area contributed by atoms with Gasteiger partial charge in [0.25, 0.3) is 5.91 Å². The minimum Gasteiger partial charge on any atom is -0.493 e. The Balaban J connectivity index is 0.00000924. The van der Waals surface area contributed by atoms with Crippen LogP contribution in [0.15, 0.2) is 18.2 Å². The van der Waals surface area contributed by atoms with Crippen molar-refractivity contribution in [2.75, 3.05) is 60.3 Å². The molecule has 1 aromatic rings. The van der Waals surface area contributed by atoms with E-state index in [0.29, 0.717) is 63.4 Å². The van der Waals surface area contributed by atoms with Crippen molar-refractivity contribution in [1.29, 1.82) is 0 Å². The third kappa shape index (κ3) is 14.0. The normalized spacial score (nSPS) is 16.6. The number of hydrogen-bond acceptors (Lipinski definition) is 9. The van der Waals surface area contributed by atoms with E-state index in [1.54, 1.807) is 19.2 Å². The fourth-order valence-corrected chi connectivity index (χ4v) is 5.05. The van der Waals surface area contributed by atoms with E-state index >= 15 is 0 Å². The van der Waals surface area contributed by atoms with Crippen molar-refractivity contribution in [1.82, 2.24) is 15.8 Å². The molecule has 0 spiro atoms. The summed E-state index contributed by atoms with van der Waals surface area (Å²) in [6, 6.07) is 5.46. The minimum absolute atomic E-state index is 0. The molecule has 0 aromatic heterocycles.